The van der Waals surface area contributed by atoms with Gasteiger partial charge in [0.15, 0.2) is 5.96 Å². The summed E-state index contributed by atoms with van der Waals surface area (Å²) in [6.07, 6.45) is 1.51. The van der Waals surface area contributed by atoms with Crippen LogP contribution in [0, 0.1) is 0 Å². The molecule has 1 rings (SSSR count). The molecule has 0 aliphatic rings. The van der Waals surface area contributed by atoms with Gasteiger partial charge in [-0.1, -0.05) is 23.7 Å². The molecule has 0 bridgehead atoms. The number of benzene rings is 1. The number of guanidine groups is 1. The van der Waals surface area contributed by atoms with Crippen LogP contribution in [0.4, 0.5) is 0 Å². The van der Waals surface area contributed by atoms with Crippen molar-refractivity contribution in [1.29, 1.82) is 0 Å². The molecule has 1 aromatic carbocycles. The Hall–Kier alpha value is -0.580. The van der Waals surface area contributed by atoms with Gasteiger partial charge in [0.05, 0.1) is 5.75 Å². The summed E-state index contributed by atoms with van der Waals surface area (Å²) in [4.78, 5) is 4.44. The molecule has 0 fully saturated rings. The fourth-order valence-electron chi connectivity index (χ4n) is 1.96. The molecule has 0 saturated heterocycles. The van der Waals surface area contributed by atoms with Crippen LogP contribution >= 0.6 is 35.6 Å². The van der Waals surface area contributed by atoms with Gasteiger partial charge in [-0.2, -0.15) is 0 Å². The number of halogens is 2. The summed E-state index contributed by atoms with van der Waals surface area (Å²) in [5, 5.41) is 7.18. The molecule has 0 saturated carbocycles. The lowest BCUT2D eigenvalue weighted by molar-refractivity contribution is 0.581. The van der Waals surface area contributed by atoms with Gasteiger partial charge in [-0.3, -0.25) is 4.99 Å². The molecule has 0 unspecified atom stereocenters. The number of hydrogen-bond donors (Lipinski definition) is 3. The number of sulfonamides is 1. The maximum Gasteiger partial charge on any atom is 0.211 e. The number of nitrogens with one attached hydrogen (secondary N) is 3. The van der Waals surface area contributed by atoms with Crippen LogP contribution in [-0.4, -0.2) is 46.3 Å². The molecule has 3 N–H and O–H groups in total. The van der Waals surface area contributed by atoms with E-state index in [0.717, 1.165) is 30.5 Å². The van der Waals surface area contributed by atoms with E-state index in [4.69, 9.17) is 11.6 Å². The summed E-state index contributed by atoms with van der Waals surface area (Å²) in [6.45, 7) is 6.09. The van der Waals surface area contributed by atoms with Crippen molar-refractivity contribution in [2.75, 3.05) is 31.9 Å². The third-order valence-corrected chi connectivity index (χ3v) is 4.89. The second-order valence-electron chi connectivity index (χ2n) is 5.22. The van der Waals surface area contributed by atoms with E-state index in [0.29, 0.717) is 19.5 Å². The van der Waals surface area contributed by atoms with E-state index in [-0.39, 0.29) is 29.7 Å². The zero-order valence-corrected chi connectivity index (χ0v) is 18.6. The summed E-state index contributed by atoms with van der Waals surface area (Å²) in [7, 11) is -3.12. The number of rotatable bonds is 10. The van der Waals surface area contributed by atoms with Crippen LogP contribution in [0.5, 0.6) is 0 Å². The summed E-state index contributed by atoms with van der Waals surface area (Å²) >= 11 is 5.97. The third-order valence-electron chi connectivity index (χ3n) is 3.25. The van der Waals surface area contributed by atoms with Crippen LogP contribution < -0.4 is 15.4 Å². The predicted octanol–water partition coefficient (Wildman–Crippen LogP) is 2.39. The van der Waals surface area contributed by atoms with Gasteiger partial charge < -0.3 is 10.6 Å². The molecule has 6 nitrogen and oxygen atoms in total. The van der Waals surface area contributed by atoms with E-state index < -0.39 is 10.0 Å². The van der Waals surface area contributed by atoms with Crippen molar-refractivity contribution < 1.29 is 8.42 Å². The van der Waals surface area contributed by atoms with E-state index in [1.54, 1.807) is 6.92 Å². The Balaban J connectivity index is 0.00000576. The molecule has 9 heteroatoms. The molecular formula is C16H28ClIN4O2S. The molecule has 25 heavy (non-hydrogen) atoms. The monoisotopic (exact) mass is 502 g/mol. The third kappa shape index (κ3) is 11.6. The molecule has 0 spiro atoms. The molecule has 0 aliphatic heterocycles. The minimum atomic E-state index is -3.12. The van der Waals surface area contributed by atoms with Gasteiger partial charge >= 0.3 is 0 Å². The van der Waals surface area contributed by atoms with Crippen LogP contribution in [-0.2, 0) is 16.4 Å². The van der Waals surface area contributed by atoms with Crippen molar-refractivity contribution in [3.05, 3.63) is 34.9 Å². The zero-order chi connectivity index (χ0) is 17.8. The highest BCUT2D eigenvalue weighted by Crippen LogP contribution is 2.10. The van der Waals surface area contributed by atoms with Crippen LogP contribution in [0.25, 0.3) is 0 Å². The quantitative estimate of drug-likeness (QED) is 0.199. The van der Waals surface area contributed by atoms with E-state index in [9.17, 15) is 8.42 Å². The van der Waals surface area contributed by atoms with Crippen LogP contribution in [0.15, 0.2) is 29.3 Å². The first kappa shape index (κ1) is 24.4. The van der Waals surface area contributed by atoms with E-state index >= 15 is 0 Å². The van der Waals surface area contributed by atoms with E-state index in [1.807, 2.05) is 31.2 Å². The van der Waals surface area contributed by atoms with E-state index in [2.05, 4.69) is 20.3 Å². The normalized spacial score (nSPS) is 11.7. The van der Waals surface area contributed by atoms with Crippen molar-refractivity contribution in [2.45, 2.75) is 26.7 Å². The lowest BCUT2D eigenvalue weighted by atomic mass is 10.1. The Morgan fingerprint density at radius 3 is 2.60 bits per heavy atom. The summed E-state index contributed by atoms with van der Waals surface area (Å²) < 4.78 is 25.2. The molecule has 0 heterocycles. The van der Waals surface area contributed by atoms with Gasteiger partial charge in [-0.25, -0.2) is 13.1 Å². The first-order chi connectivity index (χ1) is 11.5. The van der Waals surface area contributed by atoms with Gasteiger partial charge in [0.2, 0.25) is 10.0 Å². The van der Waals surface area contributed by atoms with Crippen molar-refractivity contribution in [3.8, 4) is 0 Å². The Bertz CT molecular complexity index is 626. The van der Waals surface area contributed by atoms with E-state index in [1.165, 1.54) is 5.56 Å². The van der Waals surface area contributed by atoms with Crippen LogP contribution in [0.3, 0.4) is 0 Å². The first-order valence-electron chi connectivity index (χ1n) is 8.20. The minimum Gasteiger partial charge on any atom is -0.357 e. The molecule has 0 amide bonds. The zero-order valence-electron chi connectivity index (χ0n) is 14.7. The van der Waals surface area contributed by atoms with Gasteiger partial charge in [-0.05, 0) is 44.4 Å². The maximum atomic E-state index is 11.3. The van der Waals surface area contributed by atoms with Gasteiger partial charge in [0.25, 0.3) is 0 Å². The first-order valence-corrected chi connectivity index (χ1v) is 10.2. The Morgan fingerprint density at radius 2 is 1.96 bits per heavy atom. The largest absolute Gasteiger partial charge is 0.357 e. The highest BCUT2D eigenvalue weighted by Gasteiger charge is 2.04. The molecular weight excluding hydrogens is 475 g/mol. The lowest BCUT2D eigenvalue weighted by Gasteiger charge is -2.11. The standard InChI is InChI=1S/C16H27ClN4O2S.HI/c1-3-18-16(19-10-6-11-21-24(22,23)4-2)20-12-9-14-7-5-8-15(17)13-14;/h5,7-8,13,21H,3-4,6,9-12H2,1-2H3,(H2,18,19,20);1H. The average Bonchev–Trinajstić information content (AvgIpc) is 2.54. The van der Waals surface area contributed by atoms with Crippen LogP contribution in [0.1, 0.15) is 25.8 Å². The van der Waals surface area contributed by atoms with Gasteiger partial charge in [0.1, 0.15) is 0 Å². The smallest absolute Gasteiger partial charge is 0.211 e. The highest BCUT2D eigenvalue weighted by atomic mass is 127. The summed E-state index contributed by atoms with van der Waals surface area (Å²) in [6, 6.07) is 7.79. The predicted molar refractivity (Wildman–Crippen MR) is 117 cm³/mol. The highest BCUT2D eigenvalue weighted by molar-refractivity contribution is 14.0. The Kier molecular flexibility index (Phi) is 13.3. The topological polar surface area (TPSA) is 82.6 Å². The van der Waals surface area contributed by atoms with Crippen LogP contribution in [0.2, 0.25) is 5.02 Å². The van der Waals surface area contributed by atoms with Crippen molar-refractivity contribution >= 4 is 51.6 Å². The summed E-state index contributed by atoms with van der Waals surface area (Å²) in [5.41, 5.74) is 1.17. The number of hydrogen-bond acceptors (Lipinski definition) is 3. The molecule has 0 aliphatic carbocycles. The summed E-state index contributed by atoms with van der Waals surface area (Å²) in [5.74, 6) is 0.835. The molecule has 144 valence electrons. The second-order valence-corrected chi connectivity index (χ2v) is 7.75. The molecule has 0 aromatic heterocycles. The van der Waals surface area contributed by atoms with Gasteiger partial charge in [-0.15, -0.1) is 24.0 Å². The van der Waals surface area contributed by atoms with Crippen molar-refractivity contribution in [1.82, 2.24) is 15.4 Å². The number of aliphatic imine (C=N–C) groups is 1. The van der Waals surface area contributed by atoms with Crippen molar-refractivity contribution in [3.63, 3.8) is 0 Å². The van der Waals surface area contributed by atoms with Crippen molar-refractivity contribution in [2.24, 2.45) is 4.99 Å². The molecule has 1 aromatic rings. The molecule has 0 atom stereocenters. The minimum absolute atomic E-state index is 0. The van der Waals surface area contributed by atoms with Gasteiger partial charge in [0, 0.05) is 31.2 Å². The molecule has 0 radical (unpaired) electrons. The fraction of sp³-hybridized carbons (Fsp3) is 0.562. The SMILES string of the molecule is CCNC(=NCCCNS(=O)(=O)CC)NCCc1cccc(Cl)c1.I. The second kappa shape index (κ2) is 13.6. The number of nitrogens with zero attached hydrogens (tertiary/aromatic N) is 1. The maximum absolute atomic E-state index is 11.3. The average molecular weight is 503 g/mol. The lowest BCUT2D eigenvalue weighted by Crippen LogP contribution is -2.38. The fourth-order valence-corrected chi connectivity index (χ4v) is 2.83. The Morgan fingerprint density at radius 1 is 1.20 bits per heavy atom. The Labute approximate surface area is 173 Å².